The van der Waals surface area contributed by atoms with Gasteiger partial charge >= 0.3 is 0 Å². The van der Waals surface area contributed by atoms with Crippen LogP contribution < -0.4 is 10.0 Å². The van der Waals surface area contributed by atoms with Crippen molar-refractivity contribution >= 4 is 48.3 Å². The maximum absolute atomic E-state index is 13.9. The van der Waals surface area contributed by atoms with E-state index in [1.54, 1.807) is 6.07 Å². The summed E-state index contributed by atoms with van der Waals surface area (Å²) in [6.45, 7) is 0. The van der Waals surface area contributed by atoms with Crippen molar-refractivity contribution in [2.45, 2.75) is 37.0 Å². The van der Waals surface area contributed by atoms with Gasteiger partial charge in [0.25, 0.3) is 10.0 Å². The van der Waals surface area contributed by atoms with Crippen LogP contribution in [0.25, 0.3) is 10.2 Å². The molecule has 1 aromatic heterocycles. The Hall–Kier alpha value is -2.59. The number of thiazole rings is 1. The van der Waals surface area contributed by atoms with E-state index in [-0.39, 0.29) is 17.5 Å². The molecule has 1 saturated carbocycles. The second-order valence-corrected chi connectivity index (χ2v) is 9.89. The minimum atomic E-state index is -4.32. The van der Waals surface area contributed by atoms with E-state index in [0.717, 1.165) is 48.9 Å². The summed E-state index contributed by atoms with van der Waals surface area (Å²) in [5, 5.41) is 3.29. The summed E-state index contributed by atoms with van der Waals surface area (Å²) in [5.74, 6) is -1.96. The minimum absolute atomic E-state index is 0.00528. The number of hydrogen-bond acceptors (Lipinski definition) is 5. The molecule has 30 heavy (non-hydrogen) atoms. The lowest BCUT2D eigenvalue weighted by Gasteiger charge is -2.19. The summed E-state index contributed by atoms with van der Waals surface area (Å²) in [6.07, 6.45) is 5.00. The van der Waals surface area contributed by atoms with Crippen LogP contribution in [-0.2, 0) is 14.8 Å². The summed E-state index contributed by atoms with van der Waals surface area (Å²) in [5.41, 5.74) is 0.639. The molecule has 1 amide bonds. The number of anilines is 2. The molecule has 6 nitrogen and oxygen atoms in total. The smallest absolute Gasteiger partial charge is 0.264 e. The van der Waals surface area contributed by atoms with Crippen LogP contribution in [-0.4, -0.2) is 19.3 Å². The molecule has 4 rings (SSSR count). The zero-order chi connectivity index (χ0) is 21.3. The number of halogens is 2. The van der Waals surface area contributed by atoms with Crippen molar-refractivity contribution in [1.29, 1.82) is 0 Å². The molecule has 1 aliphatic rings. The molecule has 0 atom stereocenters. The number of aromatic nitrogens is 1. The number of hydrogen-bond donors (Lipinski definition) is 2. The third-order valence-corrected chi connectivity index (χ3v) is 7.38. The van der Waals surface area contributed by atoms with Crippen LogP contribution in [0.4, 0.5) is 19.6 Å². The van der Waals surface area contributed by atoms with Gasteiger partial charge in [-0.25, -0.2) is 22.2 Å². The SMILES string of the molecule is O=C(Nc1nc2cc(NS(=O)(=O)c3cc(F)ccc3F)ccc2s1)C1CCCCC1. The van der Waals surface area contributed by atoms with Gasteiger partial charge in [0.15, 0.2) is 5.13 Å². The van der Waals surface area contributed by atoms with Crippen molar-refractivity contribution in [3.63, 3.8) is 0 Å². The van der Waals surface area contributed by atoms with Gasteiger partial charge in [-0.05, 0) is 49.2 Å². The van der Waals surface area contributed by atoms with Gasteiger partial charge in [-0.2, -0.15) is 0 Å². The standard InChI is InChI=1S/C20H19F2N3O3S2/c21-13-6-8-15(22)18(10-13)30(27,28)25-14-7-9-17-16(11-14)23-20(29-17)24-19(26)12-4-2-1-3-5-12/h6-12,25H,1-5H2,(H,23,24,26). The molecule has 2 aromatic carbocycles. The Bertz CT molecular complexity index is 1210. The number of nitrogens with zero attached hydrogens (tertiary/aromatic N) is 1. The van der Waals surface area contributed by atoms with E-state index in [1.807, 2.05) is 0 Å². The molecule has 1 heterocycles. The van der Waals surface area contributed by atoms with Crippen molar-refractivity contribution in [3.8, 4) is 0 Å². The fourth-order valence-corrected chi connectivity index (χ4v) is 5.50. The highest BCUT2D eigenvalue weighted by Crippen LogP contribution is 2.31. The molecule has 158 valence electrons. The van der Waals surface area contributed by atoms with Crippen LogP contribution >= 0.6 is 11.3 Å². The molecule has 0 unspecified atom stereocenters. The Morgan fingerprint density at radius 3 is 2.60 bits per heavy atom. The topological polar surface area (TPSA) is 88.2 Å². The second kappa shape index (κ2) is 8.27. The van der Waals surface area contributed by atoms with Crippen LogP contribution in [0, 0.1) is 17.6 Å². The Morgan fingerprint density at radius 2 is 1.83 bits per heavy atom. The molecular formula is C20H19F2N3O3S2. The Morgan fingerprint density at radius 1 is 1.07 bits per heavy atom. The van der Waals surface area contributed by atoms with Crippen molar-refractivity contribution in [2.24, 2.45) is 5.92 Å². The van der Waals surface area contributed by atoms with Gasteiger partial charge in [-0.3, -0.25) is 9.52 Å². The summed E-state index contributed by atoms with van der Waals surface area (Å²) in [4.78, 5) is 16.0. The zero-order valence-corrected chi connectivity index (χ0v) is 17.5. The first-order chi connectivity index (χ1) is 14.3. The first-order valence-corrected chi connectivity index (χ1v) is 11.8. The maximum atomic E-state index is 13.9. The second-order valence-electron chi connectivity index (χ2n) is 7.21. The largest absolute Gasteiger partial charge is 0.302 e. The number of nitrogens with one attached hydrogen (secondary N) is 2. The summed E-state index contributed by atoms with van der Waals surface area (Å²) in [6, 6.07) is 6.87. The summed E-state index contributed by atoms with van der Waals surface area (Å²) < 4.78 is 55.1. The van der Waals surface area contributed by atoms with Gasteiger partial charge in [-0.15, -0.1) is 0 Å². The highest BCUT2D eigenvalue weighted by Gasteiger charge is 2.23. The molecule has 0 saturated heterocycles. The molecule has 2 N–H and O–H groups in total. The number of amides is 1. The maximum Gasteiger partial charge on any atom is 0.264 e. The first kappa shape index (κ1) is 20.7. The van der Waals surface area contributed by atoms with Gasteiger partial charge in [0.05, 0.1) is 15.9 Å². The van der Waals surface area contributed by atoms with Gasteiger partial charge in [-0.1, -0.05) is 30.6 Å². The summed E-state index contributed by atoms with van der Waals surface area (Å²) in [7, 11) is -4.32. The lowest BCUT2D eigenvalue weighted by atomic mass is 9.89. The summed E-state index contributed by atoms with van der Waals surface area (Å²) >= 11 is 1.29. The zero-order valence-electron chi connectivity index (χ0n) is 15.8. The fourth-order valence-electron chi connectivity index (χ4n) is 3.51. The number of benzene rings is 2. The molecule has 10 heteroatoms. The molecular weight excluding hydrogens is 432 g/mol. The predicted molar refractivity (Wildman–Crippen MR) is 112 cm³/mol. The third kappa shape index (κ3) is 4.44. The lowest BCUT2D eigenvalue weighted by Crippen LogP contribution is -2.24. The number of carbonyl (C=O) groups is 1. The predicted octanol–water partition coefficient (Wildman–Crippen LogP) is 4.89. The first-order valence-electron chi connectivity index (χ1n) is 9.51. The van der Waals surface area contributed by atoms with Crippen molar-refractivity contribution in [1.82, 2.24) is 4.98 Å². The van der Waals surface area contributed by atoms with E-state index in [0.29, 0.717) is 16.7 Å². The van der Waals surface area contributed by atoms with E-state index in [2.05, 4.69) is 15.0 Å². The molecule has 0 radical (unpaired) electrons. The average Bonchev–Trinajstić information content (AvgIpc) is 3.11. The molecule has 1 fully saturated rings. The normalized spacial score (nSPS) is 15.3. The van der Waals surface area contributed by atoms with Crippen LogP contribution in [0.1, 0.15) is 32.1 Å². The van der Waals surface area contributed by atoms with Crippen LogP contribution in [0.3, 0.4) is 0 Å². The fraction of sp³-hybridized carbons (Fsp3) is 0.300. The molecule has 0 spiro atoms. The quantitative estimate of drug-likeness (QED) is 0.578. The van der Waals surface area contributed by atoms with E-state index in [1.165, 1.54) is 23.5 Å². The van der Waals surface area contributed by atoms with Crippen molar-refractivity contribution in [3.05, 3.63) is 48.0 Å². The molecule has 0 aliphatic heterocycles. The minimum Gasteiger partial charge on any atom is -0.302 e. The Balaban J connectivity index is 1.53. The number of rotatable bonds is 5. The number of sulfonamides is 1. The van der Waals surface area contributed by atoms with E-state index in [9.17, 15) is 22.0 Å². The highest BCUT2D eigenvalue weighted by molar-refractivity contribution is 7.92. The lowest BCUT2D eigenvalue weighted by molar-refractivity contribution is -0.120. The Kier molecular flexibility index (Phi) is 5.70. The number of fused-ring (bicyclic) bond motifs is 1. The van der Waals surface area contributed by atoms with Crippen LogP contribution in [0.15, 0.2) is 41.3 Å². The van der Waals surface area contributed by atoms with Gasteiger partial charge in [0.1, 0.15) is 16.5 Å². The van der Waals surface area contributed by atoms with Crippen molar-refractivity contribution in [2.75, 3.05) is 10.0 Å². The van der Waals surface area contributed by atoms with Crippen molar-refractivity contribution < 1.29 is 22.0 Å². The van der Waals surface area contributed by atoms with Gasteiger partial charge in [0.2, 0.25) is 5.91 Å². The van der Waals surface area contributed by atoms with Crippen LogP contribution in [0.2, 0.25) is 0 Å². The average molecular weight is 452 g/mol. The third-order valence-electron chi connectivity index (χ3n) is 5.03. The van der Waals surface area contributed by atoms with Gasteiger partial charge < -0.3 is 5.32 Å². The van der Waals surface area contributed by atoms with Crippen LogP contribution in [0.5, 0.6) is 0 Å². The van der Waals surface area contributed by atoms with E-state index < -0.39 is 26.6 Å². The highest BCUT2D eigenvalue weighted by atomic mass is 32.2. The van der Waals surface area contributed by atoms with Gasteiger partial charge in [0, 0.05) is 5.92 Å². The molecule has 0 bridgehead atoms. The van der Waals surface area contributed by atoms with E-state index in [4.69, 9.17) is 0 Å². The monoisotopic (exact) mass is 451 g/mol. The number of carbonyl (C=O) groups excluding carboxylic acids is 1. The Labute approximate surface area is 176 Å². The molecule has 1 aliphatic carbocycles. The molecule has 3 aromatic rings. The van der Waals surface area contributed by atoms with E-state index >= 15 is 0 Å².